The van der Waals surface area contributed by atoms with E-state index in [4.69, 9.17) is 9.47 Å². The van der Waals surface area contributed by atoms with Crippen LogP contribution >= 0.6 is 0 Å². The quantitative estimate of drug-likeness (QED) is 0.725. The molecule has 2 heterocycles. The van der Waals surface area contributed by atoms with Crippen LogP contribution in [0.2, 0.25) is 0 Å². The largest absolute Gasteiger partial charge is 0.486 e. The van der Waals surface area contributed by atoms with Gasteiger partial charge in [0.15, 0.2) is 11.5 Å². The number of likely N-dealkylation sites (tertiary alicyclic amines) is 1. The number of ether oxygens (including phenoxy) is 2. The van der Waals surface area contributed by atoms with Gasteiger partial charge in [-0.05, 0) is 37.5 Å². The Bertz CT molecular complexity index is 800. The van der Waals surface area contributed by atoms with Crippen molar-refractivity contribution in [3.63, 3.8) is 0 Å². The van der Waals surface area contributed by atoms with E-state index in [0.717, 1.165) is 31.2 Å². The fraction of sp³-hybridized carbons (Fsp3) is 0.571. The highest BCUT2D eigenvalue weighted by Gasteiger charge is 2.52. The number of likely N-dealkylation sites (N-methyl/N-ethyl adjacent to an activating group) is 1. The van der Waals surface area contributed by atoms with E-state index in [0.29, 0.717) is 37.8 Å². The summed E-state index contributed by atoms with van der Waals surface area (Å²) in [5.41, 5.74) is 0.385. The van der Waals surface area contributed by atoms with Crippen LogP contribution in [-0.4, -0.2) is 53.8 Å². The maximum atomic E-state index is 12.8. The van der Waals surface area contributed by atoms with Crippen LogP contribution in [0.1, 0.15) is 44.6 Å². The van der Waals surface area contributed by atoms with Gasteiger partial charge in [0, 0.05) is 19.5 Å². The molecule has 2 aliphatic heterocycles. The lowest BCUT2D eigenvalue weighted by Gasteiger charge is -2.26. The van der Waals surface area contributed by atoms with Crippen molar-refractivity contribution in [1.29, 1.82) is 0 Å². The average Bonchev–Trinajstić information content (AvgIpc) is 3.26. The van der Waals surface area contributed by atoms with Gasteiger partial charge in [-0.15, -0.1) is 0 Å². The molecular formula is C21H26N2O5. The lowest BCUT2D eigenvalue weighted by molar-refractivity contribution is -0.147. The number of benzene rings is 1. The molecule has 0 aromatic heterocycles. The summed E-state index contributed by atoms with van der Waals surface area (Å²) in [5.74, 6) is 0.809. The van der Waals surface area contributed by atoms with Crippen molar-refractivity contribution in [2.45, 2.75) is 45.6 Å². The van der Waals surface area contributed by atoms with Crippen LogP contribution < -0.4 is 9.47 Å². The standard InChI is InChI=1S/C21H26N2O5/c1-2-22(13-15-5-6-16-17(11-15)28-10-9-27-16)19(25)14-23-18(24)12-21(20(23)26)7-3-4-8-21/h5-6,11H,2-4,7-10,12-14H2,1H3. The number of imide groups is 1. The Labute approximate surface area is 164 Å². The van der Waals surface area contributed by atoms with Crippen LogP contribution in [0.15, 0.2) is 18.2 Å². The number of hydrogen-bond donors (Lipinski definition) is 0. The van der Waals surface area contributed by atoms with Crippen LogP contribution in [0.3, 0.4) is 0 Å². The molecule has 0 bridgehead atoms. The van der Waals surface area contributed by atoms with Gasteiger partial charge in [0.2, 0.25) is 17.7 Å². The molecule has 1 aliphatic carbocycles. The van der Waals surface area contributed by atoms with Gasteiger partial charge < -0.3 is 14.4 Å². The molecule has 150 valence electrons. The molecule has 0 atom stereocenters. The zero-order valence-corrected chi connectivity index (χ0v) is 16.2. The van der Waals surface area contributed by atoms with Gasteiger partial charge in [0.1, 0.15) is 19.8 Å². The van der Waals surface area contributed by atoms with E-state index in [1.165, 1.54) is 4.90 Å². The van der Waals surface area contributed by atoms with Gasteiger partial charge >= 0.3 is 0 Å². The molecule has 3 amide bonds. The van der Waals surface area contributed by atoms with Crippen LogP contribution in [-0.2, 0) is 20.9 Å². The third-order valence-electron chi connectivity index (χ3n) is 6.06. The van der Waals surface area contributed by atoms with E-state index in [2.05, 4.69) is 0 Å². The molecule has 0 unspecified atom stereocenters. The first-order valence-corrected chi connectivity index (χ1v) is 10.0. The second kappa shape index (κ2) is 7.45. The minimum atomic E-state index is -0.537. The fourth-order valence-corrected chi connectivity index (χ4v) is 4.48. The SMILES string of the molecule is CCN(Cc1ccc2c(c1)OCCO2)C(=O)CN1C(=O)CC2(CCCC2)C1=O. The van der Waals surface area contributed by atoms with Gasteiger partial charge in [-0.25, -0.2) is 0 Å². The molecule has 1 saturated carbocycles. The van der Waals surface area contributed by atoms with Crippen molar-refractivity contribution in [2.75, 3.05) is 26.3 Å². The number of hydrogen-bond acceptors (Lipinski definition) is 5. The summed E-state index contributed by atoms with van der Waals surface area (Å²) in [7, 11) is 0. The van der Waals surface area contributed by atoms with Crippen LogP contribution in [0, 0.1) is 5.41 Å². The molecule has 1 spiro atoms. The smallest absolute Gasteiger partial charge is 0.243 e. The third kappa shape index (κ3) is 3.34. The number of carbonyl (C=O) groups excluding carboxylic acids is 3. The van der Waals surface area contributed by atoms with E-state index >= 15 is 0 Å². The highest BCUT2D eigenvalue weighted by Crippen LogP contribution is 2.46. The molecule has 7 nitrogen and oxygen atoms in total. The minimum Gasteiger partial charge on any atom is -0.486 e. The van der Waals surface area contributed by atoms with Crippen molar-refractivity contribution < 1.29 is 23.9 Å². The number of fused-ring (bicyclic) bond motifs is 1. The number of rotatable bonds is 5. The van der Waals surface area contributed by atoms with E-state index in [9.17, 15) is 14.4 Å². The molecule has 0 radical (unpaired) electrons. The lowest BCUT2D eigenvalue weighted by Crippen LogP contribution is -2.43. The third-order valence-corrected chi connectivity index (χ3v) is 6.06. The predicted molar refractivity (Wildman–Crippen MR) is 101 cm³/mol. The van der Waals surface area contributed by atoms with Crippen molar-refractivity contribution in [1.82, 2.24) is 9.80 Å². The first kappa shape index (κ1) is 18.8. The van der Waals surface area contributed by atoms with Crippen molar-refractivity contribution in [2.24, 2.45) is 5.41 Å². The molecule has 7 heteroatoms. The van der Waals surface area contributed by atoms with E-state index < -0.39 is 5.41 Å². The maximum Gasteiger partial charge on any atom is 0.243 e. The van der Waals surface area contributed by atoms with Crippen molar-refractivity contribution >= 4 is 17.7 Å². The molecule has 4 rings (SSSR count). The number of amides is 3. The Hall–Kier alpha value is -2.57. The summed E-state index contributed by atoms with van der Waals surface area (Å²) < 4.78 is 11.1. The fourth-order valence-electron chi connectivity index (χ4n) is 4.48. The van der Waals surface area contributed by atoms with Crippen LogP contribution in [0.25, 0.3) is 0 Å². The summed E-state index contributed by atoms with van der Waals surface area (Å²) in [6.07, 6.45) is 3.74. The molecule has 1 aromatic carbocycles. The topological polar surface area (TPSA) is 76.2 Å². The predicted octanol–water partition coefficient (Wildman–Crippen LogP) is 2.13. The molecule has 0 N–H and O–H groups in total. The Balaban J connectivity index is 1.43. The normalized spacial score (nSPS) is 20.1. The second-order valence-corrected chi connectivity index (χ2v) is 7.84. The van der Waals surface area contributed by atoms with E-state index in [-0.39, 0.29) is 30.7 Å². The van der Waals surface area contributed by atoms with Gasteiger partial charge in [-0.1, -0.05) is 18.9 Å². The zero-order chi connectivity index (χ0) is 19.7. The Kier molecular flexibility index (Phi) is 5.00. The van der Waals surface area contributed by atoms with Crippen molar-refractivity contribution in [3.8, 4) is 11.5 Å². The molecule has 3 aliphatic rings. The van der Waals surface area contributed by atoms with E-state index in [1.807, 2.05) is 25.1 Å². The molecule has 28 heavy (non-hydrogen) atoms. The molecular weight excluding hydrogens is 360 g/mol. The van der Waals surface area contributed by atoms with E-state index in [1.54, 1.807) is 4.90 Å². The van der Waals surface area contributed by atoms with Gasteiger partial charge in [-0.3, -0.25) is 19.3 Å². The van der Waals surface area contributed by atoms with Gasteiger partial charge in [0.25, 0.3) is 0 Å². The average molecular weight is 386 g/mol. The molecule has 2 fully saturated rings. The first-order valence-electron chi connectivity index (χ1n) is 10.0. The Morgan fingerprint density at radius 3 is 2.57 bits per heavy atom. The summed E-state index contributed by atoms with van der Waals surface area (Å²) in [6.45, 7) is 3.65. The van der Waals surface area contributed by atoms with Crippen molar-refractivity contribution in [3.05, 3.63) is 23.8 Å². The highest BCUT2D eigenvalue weighted by molar-refractivity contribution is 6.08. The Morgan fingerprint density at radius 1 is 1.14 bits per heavy atom. The summed E-state index contributed by atoms with van der Waals surface area (Å²) >= 11 is 0. The molecule has 1 saturated heterocycles. The van der Waals surface area contributed by atoms with Gasteiger partial charge in [-0.2, -0.15) is 0 Å². The number of carbonyl (C=O) groups is 3. The van der Waals surface area contributed by atoms with Crippen LogP contribution in [0.4, 0.5) is 0 Å². The highest BCUT2D eigenvalue weighted by atomic mass is 16.6. The molecule has 1 aromatic rings. The zero-order valence-electron chi connectivity index (χ0n) is 16.2. The van der Waals surface area contributed by atoms with Gasteiger partial charge in [0.05, 0.1) is 5.41 Å². The minimum absolute atomic E-state index is 0.154. The maximum absolute atomic E-state index is 12.8. The second-order valence-electron chi connectivity index (χ2n) is 7.84. The monoisotopic (exact) mass is 386 g/mol. The van der Waals surface area contributed by atoms with Crippen LogP contribution in [0.5, 0.6) is 11.5 Å². The summed E-state index contributed by atoms with van der Waals surface area (Å²) in [6, 6.07) is 5.63. The number of nitrogens with zero attached hydrogens (tertiary/aromatic N) is 2. The summed E-state index contributed by atoms with van der Waals surface area (Å²) in [5, 5.41) is 0. The summed E-state index contributed by atoms with van der Waals surface area (Å²) in [4.78, 5) is 40.9. The Morgan fingerprint density at radius 2 is 1.86 bits per heavy atom. The lowest BCUT2D eigenvalue weighted by atomic mass is 9.84. The first-order chi connectivity index (χ1) is 13.5.